The lowest BCUT2D eigenvalue weighted by atomic mass is 10.2. The maximum absolute atomic E-state index is 12.4. The van der Waals surface area contributed by atoms with Crippen molar-refractivity contribution < 1.29 is 22.7 Å². The monoisotopic (exact) mass is 454 g/mol. The highest BCUT2D eigenvalue weighted by molar-refractivity contribution is 7.92. The number of aromatic nitrogens is 2. The van der Waals surface area contributed by atoms with E-state index in [9.17, 15) is 13.2 Å². The van der Waals surface area contributed by atoms with E-state index in [1.807, 2.05) is 6.92 Å². The lowest BCUT2D eigenvalue weighted by Crippen LogP contribution is -2.15. The molecule has 0 spiro atoms. The van der Waals surface area contributed by atoms with Gasteiger partial charge in [0.1, 0.15) is 0 Å². The number of ether oxygens (including phenoxy) is 2. The molecule has 1 aromatic heterocycles. The van der Waals surface area contributed by atoms with Crippen molar-refractivity contribution in [3.63, 3.8) is 0 Å². The Morgan fingerprint density at radius 1 is 1.06 bits per heavy atom. The number of sulfonamides is 1. The van der Waals surface area contributed by atoms with E-state index in [-0.39, 0.29) is 16.8 Å². The molecule has 0 bridgehead atoms. The van der Waals surface area contributed by atoms with Gasteiger partial charge in [0.05, 0.1) is 18.6 Å². The molecule has 166 valence electrons. The quantitative estimate of drug-likeness (QED) is 0.476. The van der Waals surface area contributed by atoms with Gasteiger partial charge in [0, 0.05) is 24.2 Å². The first kappa shape index (κ1) is 22.8. The second kappa shape index (κ2) is 10.4. The zero-order chi connectivity index (χ0) is 23.0. The second-order valence-corrected chi connectivity index (χ2v) is 8.05. The van der Waals surface area contributed by atoms with Crippen LogP contribution in [0.25, 0.3) is 6.08 Å². The Morgan fingerprint density at radius 3 is 2.44 bits per heavy atom. The molecule has 2 aromatic carbocycles. The summed E-state index contributed by atoms with van der Waals surface area (Å²) in [7, 11) is -2.30. The second-order valence-electron chi connectivity index (χ2n) is 6.37. The van der Waals surface area contributed by atoms with Gasteiger partial charge in [0.25, 0.3) is 10.0 Å². The Morgan fingerprint density at radius 2 is 1.78 bits per heavy atom. The van der Waals surface area contributed by atoms with Crippen LogP contribution in [-0.4, -0.2) is 38.0 Å². The fraction of sp³-hybridized carbons (Fsp3) is 0.136. The number of benzene rings is 2. The standard InChI is InChI=1S/C22H22N4O5S/c1-3-31-19-11-5-16(15-20(19)30-2)6-12-21(27)25-17-7-9-18(10-8-17)32(28,29)26-22-23-13-4-14-24-22/h4-15H,3H2,1-2H3,(H,25,27)(H,23,24,26). The summed E-state index contributed by atoms with van der Waals surface area (Å²) >= 11 is 0. The number of amides is 1. The van der Waals surface area contributed by atoms with E-state index in [0.29, 0.717) is 23.8 Å². The van der Waals surface area contributed by atoms with Crippen molar-refractivity contribution in [2.24, 2.45) is 0 Å². The number of anilines is 2. The molecule has 0 saturated heterocycles. The normalized spacial score (nSPS) is 11.2. The van der Waals surface area contributed by atoms with Crippen LogP contribution in [0.2, 0.25) is 0 Å². The molecule has 1 heterocycles. The van der Waals surface area contributed by atoms with Gasteiger partial charge >= 0.3 is 0 Å². The fourth-order valence-corrected chi connectivity index (χ4v) is 3.62. The molecule has 2 N–H and O–H groups in total. The highest BCUT2D eigenvalue weighted by Gasteiger charge is 2.15. The summed E-state index contributed by atoms with van der Waals surface area (Å²) in [5.41, 5.74) is 1.20. The van der Waals surface area contributed by atoms with Crippen molar-refractivity contribution in [3.05, 3.63) is 72.6 Å². The Hall–Kier alpha value is -3.92. The third kappa shape index (κ3) is 6.05. The first-order valence-electron chi connectivity index (χ1n) is 9.61. The minimum Gasteiger partial charge on any atom is -0.493 e. The molecular weight excluding hydrogens is 432 g/mol. The molecule has 0 fully saturated rings. The topological polar surface area (TPSA) is 120 Å². The molecule has 0 radical (unpaired) electrons. The number of carbonyl (C=O) groups excluding carboxylic acids is 1. The maximum atomic E-state index is 12.4. The van der Waals surface area contributed by atoms with Crippen LogP contribution in [0.4, 0.5) is 11.6 Å². The largest absolute Gasteiger partial charge is 0.493 e. The summed E-state index contributed by atoms with van der Waals surface area (Å²) in [5.74, 6) is 0.797. The van der Waals surface area contributed by atoms with E-state index in [2.05, 4.69) is 20.0 Å². The van der Waals surface area contributed by atoms with Crippen molar-refractivity contribution in [2.45, 2.75) is 11.8 Å². The zero-order valence-electron chi connectivity index (χ0n) is 17.5. The predicted octanol–water partition coefficient (Wildman–Crippen LogP) is 3.34. The van der Waals surface area contributed by atoms with Crippen molar-refractivity contribution in [1.82, 2.24) is 9.97 Å². The first-order valence-corrected chi connectivity index (χ1v) is 11.1. The van der Waals surface area contributed by atoms with Crippen LogP contribution in [0.1, 0.15) is 12.5 Å². The number of hydrogen-bond donors (Lipinski definition) is 2. The van der Waals surface area contributed by atoms with Crippen molar-refractivity contribution in [1.29, 1.82) is 0 Å². The molecule has 0 aliphatic carbocycles. The average molecular weight is 455 g/mol. The summed E-state index contributed by atoms with van der Waals surface area (Å²) in [6, 6.07) is 12.7. The highest BCUT2D eigenvalue weighted by atomic mass is 32.2. The Bertz CT molecular complexity index is 1200. The van der Waals surface area contributed by atoms with Gasteiger partial charge in [0.2, 0.25) is 11.9 Å². The zero-order valence-corrected chi connectivity index (χ0v) is 18.3. The molecule has 32 heavy (non-hydrogen) atoms. The first-order chi connectivity index (χ1) is 15.4. The Labute approximate surface area is 186 Å². The van der Waals surface area contributed by atoms with Crippen LogP contribution in [0, 0.1) is 0 Å². The van der Waals surface area contributed by atoms with Gasteiger partial charge in [-0.3, -0.25) is 4.79 Å². The summed E-state index contributed by atoms with van der Waals surface area (Å²) in [5, 5.41) is 2.68. The third-order valence-corrected chi connectivity index (χ3v) is 5.48. The number of nitrogens with zero attached hydrogens (tertiary/aromatic N) is 2. The summed E-state index contributed by atoms with van der Waals surface area (Å²) in [6.45, 7) is 2.40. The Kier molecular flexibility index (Phi) is 7.40. The van der Waals surface area contributed by atoms with Crippen LogP contribution in [0.5, 0.6) is 11.5 Å². The van der Waals surface area contributed by atoms with E-state index in [4.69, 9.17) is 9.47 Å². The molecule has 9 nitrogen and oxygen atoms in total. The van der Waals surface area contributed by atoms with Gasteiger partial charge in [-0.1, -0.05) is 6.07 Å². The van der Waals surface area contributed by atoms with Crippen LogP contribution in [0.15, 0.2) is 71.9 Å². The van der Waals surface area contributed by atoms with Crippen molar-refractivity contribution in [2.75, 3.05) is 23.8 Å². The van der Waals surface area contributed by atoms with Gasteiger partial charge in [-0.25, -0.2) is 23.1 Å². The fourth-order valence-electron chi connectivity index (χ4n) is 2.67. The third-order valence-electron chi connectivity index (χ3n) is 4.14. The van der Waals surface area contributed by atoms with E-state index in [1.165, 1.54) is 42.7 Å². The molecule has 0 aliphatic heterocycles. The number of carbonyl (C=O) groups is 1. The molecular formula is C22H22N4O5S. The molecule has 10 heteroatoms. The van der Waals surface area contributed by atoms with Crippen LogP contribution in [-0.2, 0) is 14.8 Å². The predicted molar refractivity (Wildman–Crippen MR) is 121 cm³/mol. The molecule has 0 aliphatic rings. The van der Waals surface area contributed by atoms with Crippen LogP contribution in [0.3, 0.4) is 0 Å². The SMILES string of the molecule is CCOc1ccc(C=CC(=O)Nc2ccc(S(=O)(=O)Nc3ncccn3)cc2)cc1OC. The summed E-state index contributed by atoms with van der Waals surface area (Å²) in [6.07, 6.45) is 5.87. The molecule has 3 aromatic rings. The van der Waals surface area contributed by atoms with Crippen LogP contribution >= 0.6 is 0 Å². The Balaban J connectivity index is 1.63. The number of methoxy groups -OCH3 is 1. The average Bonchev–Trinajstić information content (AvgIpc) is 2.79. The lowest BCUT2D eigenvalue weighted by Gasteiger charge is -2.09. The van der Waals surface area contributed by atoms with Gasteiger partial charge < -0.3 is 14.8 Å². The van der Waals surface area contributed by atoms with Crippen LogP contribution < -0.4 is 19.5 Å². The van der Waals surface area contributed by atoms with Gasteiger partial charge in [-0.05, 0) is 61.0 Å². The number of rotatable bonds is 9. The molecule has 1 amide bonds. The summed E-state index contributed by atoms with van der Waals surface area (Å²) < 4.78 is 37.9. The minimum atomic E-state index is -3.84. The molecule has 0 atom stereocenters. The van der Waals surface area contributed by atoms with E-state index in [1.54, 1.807) is 37.5 Å². The molecule has 0 unspecified atom stereocenters. The lowest BCUT2D eigenvalue weighted by molar-refractivity contribution is -0.111. The molecule has 3 rings (SSSR count). The summed E-state index contributed by atoms with van der Waals surface area (Å²) in [4.78, 5) is 19.9. The van der Waals surface area contributed by atoms with Gasteiger partial charge in [-0.15, -0.1) is 0 Å². The maximum Gasteiger partial charge on any atom is 0.264 e. The van der Waals surface area contributed by atoms with Gasteiger partial charge in [0.15, 0.2) is 11.5 Å². The van der Waals surface area contributed by atoms with E-state index >= 15 is 0 Å². The number of hydrogen-bond acceptors (Lipinski definition) is 7. The van der Waals surface area contributed by atoms with Crippen molar-refractivity contribution >= 4 is 33.6 Å². The number of nitrogens with one attached hydrogen (secondary N) is 2. The van der Waals surface area contributed by atoms with E-state index < -0.39 is 10.0 Å². The van der Waals surface area contributed by atoms with E-state index in [0.717, 1.165) is 5.56 Å². The van der Waals surface area contributed by atoms with Crippen molar-refractivity contribution in [3.8, 4) is 11.5 Å². The highest BCUT2D eigenvalue weighted by Crippen LogP contribution is 2.28. The van der Waals surface area contributed by atoms with Gasteiger partial charge in [-0.2, -0.15) is 0 Å². The molecule has 0 saturated carbocycles. The smallest absolute Gasteiger partial charge is 0.264 e. The minimum absolute atomic E-state index is 0.0139.